The first-order chi connectivity index (χ1) is 10.2. The van der Waals surface area contributed by atoms with Crippen molar-refractivity contribution in [2.45, 2.75) is 78.2 Å². The van der Waals surface area contributed by atoms with Crippen LogP contribution in [0.2, 0.25) is 0 Å². The molecule has 21 heavy (non-hydrogen) atoms. The topological polar surface area (TPSA) is 26.3 Å². The van der Waals surface area contributed by atoms with Crippen LogP contribution in [0.3, 0.4) is 0 Å². The maximum absolute atomic E-state index is 11.0. The highest BCUT2D eigenvalue weighted by atomic mass is 16.5. The molecule has 1 unspecified atom stereocenters. The third kappa shape index (κ3) is 14.4. The van der Waals surface area contributed by atoms with E-state index in [-0.39, 0.29) is 5.97 Å². The molecule has 0 aromatic heterocycles. The molecule has 1 atom stereocenters. The van der Waals surface area contributed by atoms with Crippen molar-refractivity contribution < 1.29 is 9.53 Å². The van der Waals surface area contributed by atoms with Gasteiger partial charge in [0, 0.05) is 19.8 Å². The number of hydrogen-bond acceptors (Lipinski definition) is 2. The van der Waals surface area contributed by atoms with Crippen LogP contribution in [0, 0.1) is 35.5 Å². The van der Waals surface area contributed by atoms with E-state index in [9.17, 15) is 4.79 Å². The highest BCUT2D eigenvalue weighted by Gasteiger charge is 2.02. The van der Waals surface area contributed by atoms with Crippen LogP contribution in [0.15, 0.2) is 0 Å². The zero-order chi connectivity index (χ0) is 15.8. The molecule has 0 bridgehead atoms. The summed E-state index contributed by atoms with van der Waals surface area (Å²) in [5.41, 5.74) is 0. The van der Waals surface area contributed by atoms with E-state index in [0.29, 0.717) is 0 Å². The Bertz CT molecular complexity index is 457. The van der Waals surface area contributed by atoms with Crippen molar-refractivity contribution in [3.05, 3.63) is 0 Å². The van der Waals surface area contributed by atoms with Gasteiger partial charge in [0.05, 0.1) is 0 Å². The Morgan fingerprint density at radius 2 is 1.52 bits per heavy atom. The summed E-state index contributed by atoms with van der Waals surface area (Å²) in [5.74, 6) is 16.8. The summed E-state index contributed by atoms with van der Waals surface area (Å²) in [6.07, 6.45) is 7.92. The van der Waals surface area contributed by atoms with E-state index in [4.69, 9.17) is 4.74 Å². The molecule has 0 aromatic rings. The van der Waals surface area contributed by atoms with Gasteiger partial charge in [-0.2, -0.15) is 0 Å². The highest BCUT2D eigenvalue weighted by Crippen LogP contribution is 1.98. The lowest BCUT2D eigenvalue weighted by molar-refractivity contribution is -0.141. The van der Waals surface area contributed by atoms with Crippen LogP contribution in [-0.4, -0.2) is 12.1 Å². The van der Waals surface area contributed by atoms with Gasteiger partial charge in [-0.1, -0.05) is 51.4 Å². The molecule has 0 rings (SSSR count). The molecule has 0 aliphatic rings. The monoisotopic (exact) mass is 286 g/mol. The second-order valence-electron chi connectivity index (χ2n) is 4.80. The summed E-state index contributed by atoms with van der Waals surface area (Å²) in [4.78, 5) is 11.0. The fourth-order valence-electron chi connectivity index (χ4n) is 1.56. The normalized spacial score (nSPS) is 10.0. The van der Waals surface area contributed by atoms with E-state index in [1.807, 2.05) is 0 Å². The van der Waals surface area contributed by atoms with E-state index >= 15 is 0 Å². The second kappa shape index (κ2) is 14.6. The van der Waals surface area contributed by atoms with Gasteiger partial charge < -0.3 is 4.74 Å². The molecule has 0 radical (unpaired) electrons. The summed E-state index contributed by atoms with van der Waals surface area (Å²) in [7, 11) is 0. The van der Waals surface area contributed by atoms with Crippen LogP contribution in [0.4, 0.5) is 0 Å². The van der Waals surface area contributed by atoms with Crippen molar-refractivity contribution >= 4 is 5.97 Å². The zero-order valence-electron chi connectivity index (χ0n) is 13.6. The molecule has 0 N–H and O–H groups in total. The second-order valence-corrected chi connectivity index (χ2v) is 4.80. The molecule has 0 fully saturated rings. The van der Waals surface area contributed by atoms with Crippen LogP contribution in [0.25, 0.3) is 0 Å². The van der Waals surface area contributed by atoms with Crippen LogP contribution >= 0.6 is 0 Å². The first kappa shape index (κ1) is 19.1. The SMILES string of the molecule is CCCCCC#CC#CC(C#CCCCCC)OC(C)=O. The first-order valence-corrected chi connectivity index (χ1v) is 7.84. The quantitative estimate of drug-likeness (QED) is 0.400. The Balaban J connectivity index is 4.32. The fraction of sp³-hybridized carbons (Fsp3) is 0.632. The lowest BCUT2D eigenvalue weighted by atomic mass is 10.2. The van der Waals surface area contributed by atoms with Crippen molar-refractivity contribution in [3.8, 4) is 35.5 Å². The molecule has 0 saturated carbocycles. The maximum atomic E-state index is 11.0. The molecular weight excluding hydrogens is 260 g/mol. The van der Waals surface area contributed by atoms with Gasteiger partial charge in [-0.15, -0.1) is 0 Å². The number of unbranched alkanes of at least 4 members (excludes halogenated alkanes) is 6. The molecule has 0 heterocycles. The molecule has 0 aliphatic heterocycles. The Morgan fingerprint density at radius 3 is 2.10 bits per heavy atom. The van der Waals surface area contributed by atoms with Gasteiger partial charge in [-0.25, -0.2) is 0 Å². The van der Waals surface area contributed by atoms with E-state index in [0.717, 1.165) is 25.7 Å². The first-order valence-electron chi connectivity index (χ1n) is 7.84. The average molecular weight is 286 g/mol. The number of carbonyl (C=O) groups excluding carboxylic acids is 1. The van der Waals surface area contributed by atoms with E-state index in [1.165, 1.54) is 32.6 Å². The Labute approximate surface area is 130 Å². The summed E-state index contributed by atoms with van der Waals surface area (Å²) in [5, 5.41) is 0. The third-order valence-electron chi connectivity index (χ3n) is 2.68. The van der Waals surface area contributed by atoms with Crippen molar-refractivity contribution in [1.82, 2.24) is 0 Å². The minimum Gasteiger partial charge on any atom is -0.437 e. The molecule has 0 aromatic carbocycles. The number of hydrogen-bond donors (Lipinski definition) is 0. The van der Waals surface area contributed by atoms with Crippen molar-refractivity contribution in [1.29, 1.82) is 0 Å². The van der Waals surface area contributed by atoms with Gasteiger partial charge in [0.1, 0.15) is 0 Å². The summed E-state index contributed by atoms with van der Waals surface area (Å²) in [6, 6.07) is 0. The van der Waals surface area contributed by atoms with Crippen LogP contribution in [0.5, 0.6) is 0 Å². The standard InChI is InChI=1S/C19H26O2/c1-4-6-8-10-11-13-15-17-19(21-18(3)20)16-14-12-9-7-5-2/h19H,4-10,12H2,1-3H3. The average Bonchev–Trinajstić information content (AvgIpc) is 2.45. The summed E-state index contributed by atoms with van der Waals surface area (Å²) in [6.45, 7) is 5.68. The van der Waals surface area contributed by atoms with E-state index in [1.54, 1.807) is 0 Å². The summed E-state index contributed by atoms with van der Waals surface area (Å²) >= 11 is 0. The molecule has 0 aliphatic carbocycles. The summed E-state index contributed by atoms with van der Waals surface area (Å²) < 4.78 is 5.05. The lowest BCUT2D eigenvalue weighted by Gasteiger charge is -2.02. The number of ether oxygens (including phenoxy) is 1. The molecule has 0 spiro atoms. The molecule has 2 nitrogen and oxygen atoms in total. The largest absolute Gasteiger partial charge is 0.437 e. The maximum Gasteiger partial charge on any atom is 0.304 e. The van der Waals surface area contributed by atoms with Gasteiger partial charge in [-0.05, 0) is 36.5 Å². The van der Waals surface area contributed by atoms with Crippen LogP contribution in [-0.2, 0) is 9.53 Å². The van der Waals surface area contributed by atoms with Crippen molar-refractivity contribution in [2.24, 2.45) is 0 Å². The third-order valence-corrected chi connectivity index (χ3v) is 2.68. The minimum absolute atomic E-state index is 0.368. The fourth-order valence-corrected chi connectivity index (χ4v) is 1.56. The Morgan fingerprint density at radius 1 is 0.905 bits per heavy atom. The van der Waals surface area contributed by atoms with Gasteiger partial charge in [0.2, 0.25) is 6.10 Å². The smallest absolute Gasteiger partial charge is 0.304 e. The van der Waals surface area contributed by atoms with Crippen molar-refractivity contribution in [3.63, 3.8) is 0 Å². The molecular formula is C19H26O2. The highest BCUT2D eigenvalue weighted by molar-refractivity contribution is 5.67. The molecule has 0 amide bonds. The predicted molar refractivity (Wildman–Crippen MR) is 87.2 cm³/mol. The van der Waals surface area contributed by atoms with Gasteiger partial charge in [-0.3, -0.25) is 4.79 Å². The molecule has 0 saturated heterocycles. The lowest BCUT2D eigenvalue weighted by Crippen LogP contribution is -2.11. The van der Waals surface area contributed by atoms with E-state index < -0.39 is 6.10 Å². The minimum atomic E-state index is -0.658. The van der Waals surface area contributed by atoms with Gasteiger partial charge in [0.15, 0.2) is 0 Å². The number of rotatable bonds is 7. The molecule has 114 valence electrons. The zero-order valence-corrected chi connectivity index (χ0v) is 13.6. The number of esters is 1. The van der Waals surface area contributed by atoms with E-state index in [2.05, 4.69) is 49.4 Å². The Hall–Kier alpha value is -1.85. The van der Waals surface area contributed by atoms with Crippen molar-refractivity contribution in [2.75, 3.05) is 0 Å². The van der Waals surface area contributed by atoms with Crippen LogP contribution < -0.4 is 0 Å². The Kier molecular flexibility index (Phi) is 13.3. The predicted octanol–water partition coefficient (Wildman–Crippen LogP) is 4.09. The van der Waals surface area contributed by atoms with Gasteiger partial charge in [0.25, 0.3) is 0 Å². The molecule has 2 heteroatoms. The van der Waals surface area contributed by atoms with Crippen LogP contribution in [0.1, 0.15) is 72.1 Å². The number of carbonyl (C=O) groups is 1. The van der Waals surface area contributed by atoms with Gasteiger partial charge >= 0.3 is 5.97 Å².